The molecule has 0 aliphatic carbocycles. The molecule has 0 aliphatic heterocycles. The van der Waals surface area contributed by atoms with Gasteiger partial charge in [-0.15, -0.1) is 0 Å². The van der Waals surface area contributed by atoms with Crippen molar-refractivity contribution < 1.29 is 14.9 Å². The monoisotopic (exact) mass is 212 g/mol. The van der Waals surface area contributed by atoms with Crippen LogP contribution in [0.15, 0.2) is 24.3 Å². The van der Waals surface area contributed by atoms with E-state index in [1.807, 2.05) is 0 Å². The molecule has 0 saturated carbocycles. The molecule has 1 rings (SSSR count). The van der Waals surface area contributed by atoms with Crippen LogP contribution in [0.3, 0.4) is 0 Å². The summed E-state index contributed by atoms with van der Waals surface area (Å²) in [6.45, 7) is 0.738. The van der Waals surface area contributed by atoms with Crippen LogP contribution in [0, 0.1) is 0 Å². The summed E-state index contributed by atoms with van der Waals surface area (Å²) in [5, 5.41) is 20.7. The molecule has 0 aromatic heterocycles. The molecule has 0 spiro atoms. The minimum atomic E-state index is -0.930. The molecule has 15 heavy (non-hydrogen) atoms. The van der Waals surface area contributed by atoms with Gasteiger partial charge < -0.3 is 26.0 Å². The highest BCUT2D eigenvalue weighted by Crippen LogP contribution is 2.13. The van der Waals surface area contributed by atoms with Crippen molar-refractivity contribution in [2.75, 3.05) is 25.4 Å². The van der Waals surface area contributed by atoms with E-state index in [1.165, 1.54) is 0 Å². The molecule has 5 nitrogen and oxygen atoms in total. The van der Waals surface area contributed by atoms with E-state index in [0.717, 1.165) is 0 Å². The number of aliphatic hydroxyl groups excluding tert-OH is 2. The molecule has 5 heteroatoms. The second-order valence-corrected chi connectivity index (χ2v) is 3.07. The number of rotatable bonds is 6. The fourth-order valence-electron chi connectivity index (χ4n) is 1.05. The van der Waals surface area contributed by atoms with Gasteiger partial charge in [0.25, 0.3) is 0 Å². The third kappa shape index (κ3) is 4.64. The van der Waals surface area contributed by atoms with Gasteiger partial charge >= 0.3 is 0 Å². The van der Waals surface area contributed by atoms with E-state index in [2.05, 4.69) is 5.32 Å². The van der Waals surface area contributed by atoms with Crippen LogP contribution in [-0.2, 0) is 0 Å². The van der Waals surface area contributed by atoms with E-state index in [-0.39, 0.29) is 13.2 Å². The van der Waals surface area contributed by atoms with Crippen LogP contribution in [0.2, 0.25) is 0 Å². The zero-order valence-corrected chi connectivity index (χ0v) is 8.39. The molecular formula is C10H16N2O3. The SMILES string of the molecule is Nc1ccc(OC(O)CNCCO)cc1. The van der Waals surface area contributed by atoms with Gasteiger partial charge in [0.2, 0.25) is 6.29 Å². The average molecular weight is 212 g/mol. The summed E-state index contributed by atoms with van der Waals surface area (Å²) in [5.41, 5.74) is 6.15. The van der Waals surface area contributed by atoms with Gasteiger partial charge in [-0.3, -0.25) is 0 Å². The van der Waals surface area contributed by atoms with Crippen molar-refractivity contribution in [2.24, 2.45) is 0 Å². The number of nitrogens with two attached hydrogens (primary N) is 1. The van der Waals surface area contributed by atoms with Crippen LogP contribution in [0.4, 0.5) is 5.69 Å². The third-order valence-corrected chi connectivity index (χ3v) is 1.76. The lowest BCUT2D eigenvalue weighted by molar-refractivity contribution is -0.0155. The van der Waals surface area contributed by atoms with Crippen molar-refractivity contribution in [1.82, 2.24) is 5.32 Å². The predicted octanol–water partition coefficient (Wildman–Crippen LogP) is -0.452. The van der Waals surface area contributed by atoms with Crippen molar-refractivity contribution >= 4 is 5.69 Å². The standard InChI is InChI=1S/C10H16N2O3/c11-8-1-3-9(4-2-8)15-10(14)7-12-5-6-13/h1-4,10,12-14H,5-7,11H2. The third-order valence-electron chi connectivity index (χ3n) is 1.76. The summed E-state index contributed by atoms with van der Waals surface area (Å²) in [6.07, 6.45) is -0.930. The largest absolute Gasteiger partial charge is 0.464 e. The Morgan fingerprint density at radius 3 is 2.60 bits per heavy atom. The lowest BCUT2D eigenvalue weighted by Gasteiger charge is -2.13. The Hall–Kier alpha value is -1.30. The van der Waals surface area contributed by atoms with Gasteiger partial charge in [0.15, 0.2) is 0 Å². The van der Waals surface area contributed by atoms with Crippen LogP contribution < -0.4 is 15.8 Å². The summed E-state index contributed by atoms with van der Waals surface area (Å²) < 4.78 is 5.17. The molecule has 1 aromatic carbocycles. The maximum Gasteiger partial charge on any atom is 0.210 e. The molecular weight excluding hydrogens is 196 g/mol. The molecule has 0 heterocycles. The van der Waals surface area contributed by atoms with Gasteiger partial charge in [0.05, 0.1) is 13.2 Å². The Kier molecular flexibility index (Phi) is 4.89. The topological polar surface area (TPSA) is 87.7 Å². The van der Waals surface area contributed by atoms with E-state index in [1.54, 1.807) is 24.3 Å². The minimum absolute atomic E-state index is 0.0363. The van der Waals surface area contributed by atoms with Gasteiger partial charge in [-0.05, 0) is 24.3 Å². The van der Waals surface area contributed by atoms with Crippen LogP contribution >= 0.6 is 0 Å². The summed E-state index contributed by atoms with van der Waals surface area (Å²) in [7, 11) is 0. The Labute approximate surface area is 88.5 Å². The molecule has 0 amide bonds. The van der Waals surface area contributed by atoms with Crippen molar-refractivity contribution in [3.8, 4) is 5.75 Å². The molecule has 0 saturated heterocycles. The quantitative estimate of drug-likeness (QED) is 0.291. The number of nitrogens with one attached hydrogen (secondary N) is 1. The molecule has 1 unspecified atom stereocenters. The van der Waals surface area contributed by atoms with Crippen LogP contribution in [0.25, 0.3) is 0 Å². The molecule has 1 aromatic rings. The second kappa shape index (κ2) is 6.23. The second-order valence-electron chi connectivity index (χ2n) is 3.07. The number of aliphatic hydroxyl groups is 2. The van der Waals surface area contributed by atoms with Gasteiger partial charge in [0, 0.05) is 12.2 Å². The highest BCUT2D eigenvalue weighted by Gasteiger charge is 2.04. The fourth-order valence-corrected chi connectivity index (χ4v) is 1.05. The Morgan fingerprint density at radius 2 is 2.00 bits per heavy atom. The molecule has 0 bridgehead atoms. The van der Waals surface area contributed by atoms with Crippen LogP contribution in [0.5, 0.6) is 5.75 Å². The molecule has 5 N–H and O–H groups in total. The molecule has 0 fully saturated rings. The zero-order valence-electron chi connectivity index (χ0n) is 8.39. The number of hydrogen-bond acceptors (Lipinski definition) is 5. The smallest absolute Gasteiger partial charge is 0.210 e. The summed E-state index contributed by atoms with van der Waals surface area (Å²) in [5.74, 6) is 0.558. The summed E-state index contributed by atoms with van der Waals surface area (Å²) >= 11 is 0. The molecule has 0 aliphatic rings. The normalized spacial score (nSPS) is 12.4. The van der Waals surface area contributed by atoms with E-state index >= 15 is 0 Å². The predicted molar refractivity (Wildman–Crippen MR) is 57.4 cm³/mol. The first-order chi connectivity index (χ1) is 7.22. The highest BCUT2D eigenvalue weighted by molar-refractivity contribution is 5.41. The number of anilines is 1. The Bertz CT molecular complexity index is 277. The number of benzene rings is 1. The summed E-state index contributed by atoms with van der Waals surface area (Å²) in [6, 6.07) is 6.77. The van der Waals surface area contributed by atoms with E-state index in [9.17, 15) is 5.11 Å². The minimum Gasteiger partial charge on any atom is -0.464 e. The van der Waals surface area contributed by atoms with E-state index < -0.39 is 6.29 Å². The van der Waals surface area contributed by atoms with Crippen LogP contribution in [0.1, 0.15) is 0 Å². The first kappa shape index (κ1) is 11.8. The van der Waals surface area contributed by atoms with Crippen molar-refractivity contribution in [3.63, 3.8) is 0 Å². The van der Waals surface area contributed by atoms with Crippen molar-refractivity contribution in [1.29, 1.82) is 0 Å². The Balaban J connectivity index is 2.31. The molecule has 84 valence electrons. The summed E-state index contributed by atoms with van der Waals surface area (Å²) in [4.78, 5) is 0. The van der Waals surface area contributed by atoms with Crippen molar-refractivity contribution in [3.05, 3.63) is 24.3 Å². The number of nitrogen functional groups attached to an aromatic ring is 1. The molecule has 0 radical (unpaired) electrons. The number of ether oxygens (including phenoxy) is 1. The maximum atomic E-state index is 9.40. The number of hydrogen-bond donors (Lipinski definition) is 4. The van der Waals surface area contributed by atoms with Gasteiger partial charge in [-0.1, -0.05) is 0 Å². The van der Waals surface area contributed by atoms with Crippen LogP contribution in [-0.4, -0.2) is 36.2 Å². The zero-order chi connectivity index (χ0) is 11.1. The lowest BCUT2D eigenvalue weighted by atomic mass is 10.3. The lowest BCUT2D eigenvalue weighted by Crippen LogP contribution is -2.32. The average Bonchev–Trinajstić information content (AvgIpc) is 2.22. The van der Waals surface area contributed by atoms with Gasteiger partial charge in [-0.25, -0.2) is 0 Å². The fraction of sp³-hybridized carbons (Fsp3) is 0.400. The van der Waals surface area contributed by atoms with E-state index in [0.29, 0.717) is 18.0 Å². The van der Waals surface area contributed by atoms with Gasteiger partial charge in [0.1, 0.15) is 5.75 Å². The first-order valence-corrected chi connectivity index (χ1v) is 4.74. The Morgan fingerprint density at radius 1 is 1.33 bits per heavy atom. The van der Waals surface area contributed by atoms with E-state index in [4.69, 9.17) is 15.6 Å². The van der Waals surface area contributed by atoms with Crippen molar-refractivity contribution in [2.45, 2.75) is 6.29 Å². The first-order valence-electron chi connectivity index (χ1n) is 4.74. The molecule has 1 atom stereocenters. The maximum absolute atomic E-state index is 9.40. The highest BCUT2D eigenvalue weighted by atomic mass is 16.6. The van der Waals surface area contributed by atoms with Gasteiger partial charge in [-0.2, -0.15) is 0 Å².